The Labute approximate surface area is 136 Å². The van der Waals surface area contributed by atoms with E-state index in [4.69, 9.17) is 11.6 Å². The summed E-state index contributed by atoms with van der Waals surface area (Å²) in [7, 11) is 0. The maximum Gasteiger partial charge on any atom is 0.225 e. The minimum Gasteiger partial charge on any atom is -0.326 e. The first kappa shape index (κ1) is 16.5. The number of nitrogens with one attached hydrogen (secondary N) is 2. The third kappa shape index (κ3) is 4.86. The van der Waals surface area contributed by atoms with Gasteiger partial charge in [0, 0.05) is 30.2 Å². The van der Waals surface area contributed by atoms with Gasteiger partial charge in [0.2, 0.25) is 5.91 Å². The first-order chi connectivity index (χ1) is 10.6. The number of rotatable bonds is 6. The molecule has 0 aromatic heterocycles. The van der Waals surface area contributed by atoms with Gasteiger partial charge in [-0.3, -0.25) is 4.79 Å². The number of aryl methyl sites for hydroxylation is 1. The summed E-state index contributed by atoms with van der Waals surface area (Å²) in [4.78, 5) is 12.0. The van der Waals surface area contributed by atoms with Crippen LogP contribution in [0.2, 0.25) is 5.02 Å². The molecule has 2 rings (SSSR count). The normalized spacial score (nSPS) is 10.5. The van der Waals surface area contributed by atoms with Crippen LogP contribution in [0, 0.1) is 13.8 Å². The maximum atomic E-state index is 12.0. The summed E-state index contributed by atoms with van der Waals surface area (Å²) >= 11 is 5.84. The molecule has 22 heavy (non-hydrogen) atoms. The second kappa shape index (κ2) is 7.97. The second-order valence-corrected chi connectivity index (χ2v) is 5.79. The summed E-state index contributed by atoms with van der Waals surface area (Å²) in [5.41, 5.74) is 4.34. The zero-order chi connectivity index (χ0) is 15.9. The average Bonchev–Trinajstić information content (AvgIpc) is 2.50. The van der Waals surface area contributed by atoms with E-state index in [0.717, 1.165) is 28.4 Å². The fourth-order valence-electron chi connectivity index (χ4n) is 2.14. The number of carbonyl (C=O) groups excluding carboxylic acids is 1. The molecular weight excluding hydrogens is 296 g/mol. The van der Waals surface area contributed by atoms with Gasteiger partial charge in [-0.25, -0.2) is 0 Å². The van der Waals surface area contributed by atoms with Crippen molar-refractivity contribution in [3.8, 4) is 0 Å². The lowest BCUT2D eigenvalue weighted by Crippen LogP contribution is -2.21. The van der Waals surface area contributed by atoms with E-state index in [0.29, 0.717) is 13.0 Å². The number of hydrogen-bond donors (Lipinski definition) is 2. The molecule has 2 N–H and O–H groups in total. The smallest absolute Gasteiger partial charge is 0.225 e. The SMILES string of the molecule is Cc1cccc(NC(=O)CCNCc2ccc(Cl)cc2)c1C. The van der Waals surface area contributed by atoms with Gasteiger partial charge in [-0.15, -0.1) is 0 Å². The molecule has 0 saturated heterocycles. The molecule has 0 aliphatic carbocycles. The third-order valence-electron chi connectivity index (χ3n) is 3.65. The molecule has 2 aromatic rings. The number of hydrogen-bond acceptors (Lipinski definition) is 2. The van der Waals surface area contributed by atoms with E-state index in [1.54, 1.807) is 0 Å². The molecule has 2 aromatic carbocycles. The van der Waals surface area contributed by atoms with Crippen molar-refractivity contribution < 1.29 is 4.79 Å². The van der Waals surface area contributed by atoms with Crippen LogP contribution in [0.15, 0.2) is 42.5 Å². The Kier molecular flexibility index (Phi) is 5.99. The quantitative estimate of drug-likeness (QED) is 0.789. The number of halogens is 1. The van der Waals surface area contributed by atoms with Gasteiger partial charge in [0.25, 0.3) is 0 Å². The van der Waals surface area contributed by atoms with Gasteiger partial charge >= 0.3 is 0 Å². The van der Waals surface area contributed by atoms with Gasteiger partial charge in [0.1, 0.15) is 0 Å². The topological polar surface area (TPSA) is 41.1 Å². The molecule has 0 spiro atoms. The molecule has 0 unspecified atom stereocenters. The van der Waals surface area contributed by atoms with Crippen LogP contribution in [0.5, 0.6) is 0 Å². The van der Waals surface area contributed by atoms with Gasteiger partial charge in [-0.1, -0.05) is 35.9 Å². The predicted molar refractivity (Wildman–Crippen MR) is 92.3 cm³/mol. The van der Waals surface area contributed by atoms with Gasteiger partial charge in [0.05, 0.1) is 0 Å². The van der Waals surface area contributed by atoms with Crippen LogP contribution in [-0.4, -0.2) is 12.5 Å². The molecular formula is C18H21ClN2O. The van der Waals surface area contributed by atoms with Gasteiger partial charge < -0.3 is 10.6 Å². The third-order valence-corrected chi connectivity index (χ3v) is 3.90. The fourth-order valence-corrected chi connectivity index (χ4v) is 2.26. The number of anilines is 1. The highest BCUT2D eigenvalue weighted by Crippen LogP contribution is 2.17. The molecule has 116 valence electrons. The summed E-state index contributed by atoms with van der Waals surface area (Å²) < 4.78 is 0. The van der Waals surface area contributed by atoms with Crippen molar-refractivity contribution in [3.63, 3.8) is 0 Å². The van der Waals surface area contributed by atoms with Crippen LogP contribution in [0.1, 0.15) is 23.1 Å². The Bertz CT molecular complexity index is 638. The number of carbonyl (C=O) groups is 1. The van der Waals surface area contributed by atoms with Gasteiger partial charge in [-0.2, -0.15) is 0 Å². The Morgan fingerprint density at radius 3 is 2.55 bits per heavy atom. The minimum atomic E-state index is 0.0253. The summed E-state index contributed by atoms with van der Waals surface area (Å²) in [5, 5.41) is 6.95. The Morgan fingerprint density at radius 2 is 1.82 bits per heavy atom. The summed E-state index contributed by atoms with van der Waals surface area (Å²) in [6.07, 6.45) is 0.445. The highest BCUT2D eigenvalue weighted by Gasteiger charge is 2.05. The summed E-state index contributed by atoms with van der Waals surface area (Å²) in [5.74, 6) is 0.0253. The number of amides is 1. The van der Waals surface area contributed by atoms with Crippen molar-refractivity contribution in [2.24, 2.45) is 0 Å². The molecule has 0 atom stereocenters. The fraction of sp³-hybridized carbons (Fsp3) is 0.278. The predicted octanol–water partition coefficient (Wildman–Crippen LogP) is 4.08. The molecule has 1 amide bonds. The van der Waals surface area contributed by atoms with Crippen LogP contribution in [0.25, 0.3) is 0 Å². The first-order valence-electron chi connectivity index (χ1n) is 7.37. The zero-order valence-corrected chi connectivity index (χ0v) is 13.7. The van der Waals surface area contributed by atoms with Crippen molar-refractivity contribution >= 4 is 23.2 Å². The van der Waals surface area contributed by atoms with E-state index in [2.05, 4.69) is 10.6 Å². The zero-order valence-electron chi connectivity index (χ0n) is 12.9. The Hall–Kier alpha value is -1.84. The molecule has 3 nitrogen and oxygen atoms in total. The van der Waals surface area contributed by atoms with E-state index in [9.17, 15) is 4.79 Å². The molecule has 0 bridgehead atoms. The molecule has 0 aliphatic rings. The summed E-state index contributed by atoms with van der Waals surface area (Å²) in [6.45, 7) is 5.43. The van der Waals surface area contributed by atoms with Crippen molar-refractivity contribution in [1.82, 2.24) is 5.32 Å². The van der Waals surface area contributed by atoms with Crippen LogP contribution < -0.4 is 10.6 Å². The molecule has 4 heteroatoms. The van der Waals surface area contributed by atoms with Crippen LogP contribution in [0.3, 0.4) is 0 Å². The largest absolute Gasteiger partial charge is 0.326 e. The van der Waals surface area contributed by atoms with E-state index >= 15 is 0 Å². The Balaban J connectivity index is 1.74. The Morgan fingerprint density at radius 1 is 1.09 bits per heavy atom. The van der Waals surface area contributed by atoms with E-state index in [1.807, 2.05) is 56.3 Å². The van der Waals surface area contributed by atoms with Crippen molar-refractivity contribution in [3.05, 3.63) is 64.2 Å². The lowest BCUT2D eigenvalue weighted by molar-refractivity contribution is -0.116. The lowest BCUT2D eigenvalue weighted by Gasteiger charge is -2.10. The highest BCUT2D eigenvalue weighted by atomic mass is 35.5. The van der Waals surface area contributed by atoms with E-state index in [1.165, 1.54) is 5.56 Å². The monoisotopic (exact) mass is 316 g/mol. The second-order valence-electron chi connectivity index (χ2n) is 5.35. The molecule has 0 fully saturated rings. The van der Waals surface area contributed by atoms with Crippen molar-refractivity contribution in [2.45, 2.75) is 26.8 Å². The van der Waals surface area contributed by atoms with Crippen LogP contribution >= 0.6 is 11.6 Å². The maximum absolute atomic E-state index is 12.0. The highest BCUT2D eigenvalue weighted by molar-refractivity contribution is 6.30. The number of benzene rings is 2. The molecule has 0 heterocycles. The molecule has 0 radical (unpaired) electrons. The molecule has 0 saturated carbocycles. The van der Waals surface area contributed by atoms with Gasteiger partial charge in [0.15, 0.2) is 0 Å². The summed E-state index contributed by atoms with van der Waals surface area (Å²) in [6, 6.07) is 13.6. The van der Waals surface area contributed by atoms with Crippen molar-refractivity contribution in [1.29, 1.82) is 0 Å². The standard InChI is InChI=1S/C18H21ClN2O/c1-13-4-3-5-17(14(13)2)21-18(22)10-11-20-12-15-6-8-16(19)9-7-15/h3-9,20H,10-12H2,1-2H3,(H,21,22). The van der Waals surface area contributed by atoms with E-state index in [-0.39, 0.29) is 5.91 Å². The van der Waals surface area contributed by atoms with E-state index < -0.39 is 0 Å². The van der Waals surface area contributed by atoms with Crippen LogP contribution in [-0.2, 0) is 11.3 Å². The van der Waals surface area contributed by atoms with Gasteiger partial charge in [-0.05, 0) is 48.7 Å². The van der Waals surface area contributed by atoms with Crippen LogP contribution in [0.4, 0.5) is 5.69 Å². The minimum absolute atomic E-state index is 0.0253. The van der Waals surface area contributed by atoms with Crippen molar-refractivity contribution in [2.75, 3.05) is 11.9 Å². The lowest BCUT2D eigenvalue weighted by atomic mass is 10.1. The first-order valence-corrected chi connectivity index (χ1v) is 7.75. The average molecular weight is 317 g/mol. The molecule has 0 aliphatic heterocycles.